The molecule has 4 nitrogen and oxygen atoms in total. The Balaban J connectivity index is 2.09. The average Bonchev–Trinajstić information content (AvgIpc) is 2.92. The Labute approximate surface area is 128 Å². The molecule has 2 aromatic rings. The van der Waals surface area contributed by atoms with Gasteiger partial charge in [0.15, 0.2) is 0 Å². The predicted octanol–water partition coefficient (Wildman–Crippen LogP) is 2.25. The van der Waals surface area contributed by atoms with Gasteiger partial charge in [-0.3, -0.25) is 4.79 Å². The van der Waals surface area contributed by atoms with E-state index in [9.17, 15) is 4.79 Å². The molecule has 0 radical (unpaired) electrons. The highest BCUT2D eigenvalue weighted by atomic mass is 32.1. The molecule has 1 aromatic carbocycles. The average molecular weight is 299 g/mol. The number of carbonyl (C=O) groups excluding carboxylic acids is 1. The van der Waals surface area contributed by atoms with Crippen molar-refractivity contribution in [2.45, 2.75) is 19.9 Å². The quantitative estimate of drug-likeness (QED) is 0.854. The third-order valence-electron chi connectivity index (χ3n) is 2.82. The Morgan fingerprint density at radius 1 is 1.52 bits per heavy atom. The molecule has 1 heterocycles. The second-order valence-electron chi connectivity index (χ2n) is 4.59. The van der Waals surface area contributed by atoms with Crippen LogP contribution in [0.25, 0.3) is 0 Å². The Hall–Kier alpha value is -2.16. The van der Waals surface area contributed by atoms with Crippen LogP contribution in [0.3, 0.4) is 0 Å². The second-order valence-corrected chi connectivity index (χ2v) is 5.86. The van der Waals surface area contributed by atoms with Crippen LogP contribution in [0.4, 0.5) is 0 Å². The summed E-state index contributed by atoms with van der Waals surface area (Å²) in [5.41, 5.74) is 6.71. The monoisotopic (exact) mass is 299 g/mol. The third kappa shape index (κ3) is 4.15. The summed E-state index contributed by atoms with van der Waals surface area (Å²) in [6, 6.07) is 7.08. The Morgan fingerprint density at radius 3 is 3.00 bits per heavy atom. The van der Waals surface area contributed by atoms with Crippen molar-refractivity contribution in [3.63, 3.8) is 0 Å². The van der Waals surface area contributed by atoms with Crippen molar-refractivity contribution in [3.8, 4) is 11.8 Å². The summed E-state index contributed by atoms with van der Waals surface area (Å²) >= 11 is 1.59. The van der Waals surface area contributed by atoms with Crippen molar-refractivity contribution in [2.24, 2.45) is 5.73 Å². The molecule has 1 atom stereocenters. The maximum Gasteiger partial charge on any atom is 0.251 e. The fraction of sp³-hybridized carbons (Fsp3) is 0.250. The topological polar surface area (TPSA) is 68.0 Å². The smallest absolute Gasteiger partial charge is 0.251 e. The number of benzene rings is 1. The summed E-state index contributed by atoms with van der Waals surface area (Å²) in [4.78, 5) is 17.7. The highest BCUT2D eigenvalue weighted by molar-refractivity contribution is 7.11. The predicted molar refractivity (Wildman–Crippen MR) is 85.1 cm³/mol. The lowest BCUT2D eigenvalue weighted by Gasteiger charge is -2.11. The molecule has 0 aliphatic rings. The SMILES string of the molecule is Cc1cnc(C(C)NC(=O)c2cccc(C#CCN)c2)s1. The van der Waals surface area contributed by atoms with Gasteiger partial charge in [-0.25, -0.2) is 4.98 Å². The number of nitrogens with two attached hydrogens (primary N) is 1. The van der Waals surface area contributed by atoms with Crippen LogP contribution in [0.5, 0.6) is 0 Å². The molecular formula is C16H17N3OS. The van der Waals surface area contributed by atoms with Crippen LogP contribution in [0.1, 0.15) is 38.8 Å². The van der Waals surface area contributed by atoms with Crippen LogP contribution >= 0.6 is 11.3 Å². The summed E-state index contributed by atoms with van der Waals surface area (Å²) in [7, 11) is 0. The molecule has 0 saturated heterocycles. The van der Waals surface area contributed by atoms with Crippen molar-refractivity contribution in [1.82, 2.24) is 10.3 Å². The minimum absolute atomic E-state index is 0.116. The first-order valence-corrected chi connectivity index (χ1v) is 7.44. The lowest BCUT2D eigenvalue weighted by Crippen LogP contribution is -2.26. The highest BCUT2D eigenvalue weighted by Gasteiger charge is 2.14. The molecule has 0 aliphatic heterocycles. The third-order valence-corrected chi connectivity index (χ3v) is 3.91. The number of nitrogens with zero attached hydrogens (tertiary/aromatic N) is 1. The summed E-state index contributed by atoms with van der Waals surface area (Å²) in [6.45, 7) is 4.22. The molecule has 21 heavy (non-hydrogen) atoms. The number of hydrogen-bond donors (Lipinski definition) is 2. The van der Waals surface area contributed by atoms with Crippen molar-refractivity contribution in [2.75, 3.05) is 6.54 Å². The van der Waals surface area contributed by atoms with Gasteiger partial charge in [0.1, 0.15) is 5.01 Å². The molecule has 3 N–H and O–H groups in total. The van der Waals surface area contributed by atoms with Crippen molar-refractivity contribution < 1.29 is 4.79 Å². The van der Waals surface area contributed by atoms with Crippen molar-refractivity contribution >= 4 is 17.2 Å². The van der Waals surface area contributed by atoms with Crippen LogP contribution in [0, 0.1) is 18.8 Å². The van der Waals surface area contributed by atoms with Gasteiger partial charge in [0.05, 0.1) is 12.6 Å². The molecule has 0 saturated carbocycles. The van der Waals surface area contributed by atoms with E-state index in [0.717, 1.165) is 15.4 Å². The van der Waals surface area contributed by atoms with E-state index in [1.807, 2.05) is 32.2 Å². The van der Waals surface area contributed by atoms with Gasteiger partial charge in [-0.1, -0.05) is 17.9 Å². The van der Waals surface area contributed by atoms with E-state index in [-0.39, 0.29) is 11.9 Å². The van der Waals surface area contributed by atoms with E-state index in [0.29, 0.717) is 12.1 Å². The molecule has 1 unspecified atom stereocenters. The number of nitrogens with one attached hydrogen (secondary N) is 1. The first-order valence-electron chi connectivity index (χ1n) is 6.62. The lowest BCUT2D eigenvalue weighted by molar-refractivity contribution is 0.0940. The van der Waals surface area contributed by atoms with Gasteiger partial charge >= 0.3 is 0 Å². The molecule has 2 rings (SSSR count). The molecule has 108 valence electrons. The molecule has 1 amide bonds. The molecule has 0 aliphatic carbocycles. The maximum atomic E-state index is 12.3. The molecule has 0 spiro atoms. The molecule has 5 heteroatoms. The minimum Gasteiger partial charge on any atom is -0.343 e. The number of hydrogen-bond acceptors (Lipinski definition) is 4. The number of amides is 1. The Bertz CT molecular complexity index is 697. The lowest BCUT2D eigenvalue weighted by atomic mass is 10.1. The van der Waals surface area contributed by atoms with Gasteiger partial charge in [0, 0.05) is 22.2 Å². The number of thiazole rings is 1. The van der Waals surface area contributed by atoms with Crippen molar-refractivity contribution in [3.05, 3.63) is 51.5 Å². The van der Waals surface area contributed by atoms with Crippen LogP contribution in [-0.2, 0) is 0 Å². The van der Waals surface area contributed by atoms with E-state index in [4.69, 9.17) is 5.73 Å². The summed E-state index contributed by atoms with van der Waals surface area (Å²) in [6.07, 6.45) is 1.81. The number of aryl methyl sites for hydroxylation is 1. The molecule has 1 aromatic heterocycles. The van der Waals surface area contributed by atoms with Crippen molar-refractivity contribution in [1.29, 1.82) is 0 Å². The summed E-state index contributed by atoms with van der Waals surface area (Å²) in [5.74, 6) is 5.57. The van der Waals surface area contributed by atoms with E-state index in [1.54, 1.807) is 23.5 Å². The first kappa shape index (κ1) is 15.2. The second kappa shape index (κ2) is 7.02. The molecular weight excluding hydrogens is 282 g/mol. The Kier molecular flexibility index (Phi) is 5.09. The molecule has 0 bridgehead atoms. The van der Waals surface area contributed by atoms with Crippen LogP contribution < -0.4 is 11.1 Å². The van der Waals surface area contributed by atoms with Crippen LogP contribution in [-0.4, -0.2) is 17.4 Å². The zero-order chi connectivity index (χ0) is 15.2. The number of aromatic nitrogens is 1. The standard InChI is InChI=1S/C16H17N3OS/c1-11-10-18-16(21-11)12(2)19-15(20)14-7-3-5-13(9-14)6-4-8-17/h3,5,7,9-10,12H,8,17H2,1-2H3,(H,19,20). The summed E-state index contributed by atoms with van der Waals surface area (Å²) in [5, 5.41) is 3.85. The van der Waals surface area contributed by atoms with E-state index >= 15 is 0 Å². The Morgan fingerprint density at radius 2 is 2.33 bits per heavy atom. The normalized spacial score (nSPS) is 11.4. The van der Waals surface area contributed by atoms with Crippen LogP contribution in [0.2, 0.25) is 0 Å². The van der Waals surface area contributed by atoms with Gasteiger partial charge < -0.3 is 11.1 Å². The van der Waals surface area contributed by atoms with Gasteiger partial charge in [0.2, 0.25) is 0 Å². The van der Waals surface area contributed by atoms with Gasteiger partial charge in [-0.15, -0.1) is 11.3 Å². The molecule has 0 fully saturated rings. The largest absolute Gasteiger partial charge is 0.343 e. The zero-order valence-electron chi connectivity index (χ0n) is 12.0. The minimum atomic E-state index is -0.133. The number of carbonyl (C=O) groups is 1. The highest BCUT2D eigenvalue weighted by Crippen LogP contribution is 2.19. The van der Waals surface area contributed by atoms with E-state index < -0.39 is 0 Å². The zero-order valence-corrected chi connectivity index (χ0v) is 12.8. The van der Waals surface area contributed by atoms with E-state index in [2.05, 4.69) is 22.1 Å². The van der Waals surface area contributed by atoms with Gasteiger partial charge in [0.25, 0.3) is 5.91 Å². The number of rotatable bonds is 3. The fourth-order valence-corrected chi connectivity index (χ4v) is 2.58. The fourth-order valence-electron chi connectivity index (χ4n) is 1.81. The van der Waals surface area contributed by atoms with E-state index in [1.165, 1.54) is 0 Å². The first-order chi connectivity index (χ1) is 10.1. The van der Waals surface area contributed by atoms with Gasteiger partial charge in [-0.2, -0.15) is 0 Å². The maximum absolute atomic E-state index is 12.3. The van der Waals surface area contributed by atoms with Gasteiger partial charge in [-0.05, 0) is 32.0 Å². The summed E-state index contributed by atoms with van der Waals surface area (Å²) < 4.78 is 0. The van der Waals surface area contributed by atoms with Crippen LogP contribution in [0.15, 0.2) is 30.5 Å².